The van der Waals surface area contributed by atoms with Crippen LogP contribution in [0.5, 0.6) is 0 Å². The summed E-state index contributed by atoms with van der Waals surface area (Å²) in [5.41, 5.74) is 3.41. The number of aromatic nitrogens is 2. The number of nitrogens with zero attached hydrogens (tertiary/aromatic N) is 3. The third kappa shape index (κ3) is 2.86. The fourth-order valence-electron chi connectivity index (χ4n) is 2.21. The van der Waals surface area contributed by atoms with Gasteiger partial charge in [0.2, 0.25) is 0 Å². The van der Waals surface area contributed by atoms with Crippen LogP contribution in [-0.2, 0) is 0 Å². The van der Waals surface area contributed by atoms with Crippen LogP contribution in [0.15, 0.2) is 73.2 Å². The average Bonchev–Trinajstić information content (AvgIpc) is 2.62. The minimum Gasteiger partial charge on any atom is -0.310 e. The summed E-state index contributed by atoms with van der Waals surface area (Å²) in [4.78, 5) is 21.9. The van der Waals surface area contributed by atoms with Gasteiger partial charge in [-0.05, 0) is 23.3 Å². The molecule has 1 amide bonds. The van der Waals surface area contributed by atoms with Crippen molar-refractivity contribution in [1.82, 2.24) is 9.97 Å². The Labute approximate surface area is 129 Å². The molecule has 3 aromatic rings. The molecule has 108 valence electrons. The molecule has 0 aliphatic rings. The van der Waals surface area contributed by atoms with E-state index in [9.17, 15) is 4.79 Å². The summed E-state index contributed by atoms with van der Waals surface area (Å²) < 4.78 is 0. The van der Waals surface area contributed by atoms with E-state index >= 15 is 0 Å². The summed E-state index contributed by atoms with van der Waals surface area (Å²) in [6, 6.07) is 18.0. The zero-order valence-electron chi connectivity index (χ0n) is 12.2. The summed E-state index contributed by atoms with van der Waals surface area (Å²) >= 11 is 0. The molecule has 0 unspecified atom stereocenters. The zero-order chi connectivity index (χ0) is 15.4. The largest absolute Gasteiger partial charge is 0.310 e. The van der Waals surface area contributed by atoms with Gasteiger partial charge in [-0.1, -0.05) is 42.5 Å². The van der Waals surface area contributed by atoms with Gasteiger partial charge in [-0.25, -0.2) is 4.98 Å². The van der Waals surface area contributed by atoms with Gasteiger partial charge in [-0.15, -0.1) is 0 Å². The minimum atomic E-state index is -0.180. The molecule has 22 heavy (non-hydrogen) atoms. The Balaban J connectivity index is 1.82. The van der Waals surface area contributed by atoms with Crippen molar-refractivity contribution >= 4 is 11.6 Å². The molecule has 3 rings (SSSR count). The number of anilines is 1. The molecule has 0 fully saturated rings. The molecule has 0 saturated heterocycles. The van der Waals surface area contributed by atoms with Crippen molar-refractivity contribution in [2.75, 3.05) is 11.9 Å². The van der Waals surface area contributed by atoms with Gasteiger partial charge in [0.25, 0.3) is 5.91 Å². The number of hydrogen-bond acceptors (Lipinski definition) is 3. The first-order chi connectivity index (χ1) is 10.8. The summed E-state index contributed by atoms with van der Waals surface area (Å²) in [7, 11) is 1.73. The molecule has 1 aromatic heterocycles. The van der Waals surface area contributed by atoms with Gasteiger partial charge in [0.05, 0.1) is 6.20 Å². The lowest BCUT2D eigenvalue weighted by molar-refractivity contribution is 0.0988. The van der Waals surface area contributed by atoms with E-state index in [1.165, 1.54) is 12.4 Å². The van der Waals surface area contributed by atoms with E-state index in [1.807, 2.05) is 42.5 Å². The summed E-state index contributed by atoms with van der Waals surface area (Å²) in [5, 5.41) is 0. The van der Waals surface area contributed by atoms with Crippen LogP contribution in [0.2, 0.25) is 0 Å². The highest BCUT2D eigenvalue weighted by Gasteiger charge is 2.14. The molecule has 2 aromatic carbocycles. The number of rotatable bonds is 3. The first-order valence-corrected chi connectivity index (χ1v) is 6.95. The fraction of sp³-hybridized carbons (Fsp3) is 0.0556. The standard InChI is InChI=1S/C18H15N3O/c1-21(18(22)17-13-19-11-12-20-17)16-9-7-15(8-10-16)14-5-3-2-4-6-14/h2-13H,1H3. The van der Waals surface area contributed by atoms with E-state index in [0.29, 0.717) is 5.69 Å². The number of carbonyl (C=O) groups excluding carboxylic acids is 1. The number of amides is 1. The van der Waals surface area contributed by atoms with Crippen molar-refractivity contribution in [2.45, 2.75) is 0 Å². The first kappa shape index (κ1) is 13.9. The van der Waals surface area contributed by atoms with Gasteiger partial charge in [-0.2, -0.15) is 0 Å². The van der Waals surface area contributed by atoms with Crippen LogP contribution < -0.4 is 4.90 Å². The van der Waals surface area contributed by atoms with Gasteiger partial charge in [0, 0.05) is 25.1 Å². The zero-order valence-corrected chi connectivity index (χ0v) is 12.2. The van der Waals surface area contributed by atoms with Crippen molar-refractivity contribution in [3.05, 3.63) is 78.9 Å². The van der Waals surface area contributed by atoms with Crippen LogP contribution in [0.4, 0.5) is 5.69 Å². The SMILES string of the molecule is CN(C(=O)c1cnccn1)c1ccc(-c2ccccc2)cc1. The molecule has 0 radical (unpaired) electrons. The van der Waals surface area contributed by atoms with E-state index < -0.39 is 0 Å². The summed E-state index contributed by atoms with van der Waals surface area (Å²) in [6.45, 7) is 0. The predicted octanol–water partition coefficient (Wildman–Crippen LogP) is 3.42. The van der Waals surface area contributed by atoms with Crippen LogP contribution >= 0.6 is 0 Å². The predicted molar refractivity (Wildman–Crippen MR) is 86.6 cm³/mol. The maximum absolute atomic E-state index is 12.3. The van der Waals surface area contributed by atoms with Crippen LogP contribution in [0.3, 0.4) is 0 Å². The molecule has 1 heterocycles. The summed E-state index contributed by atoms with van der Waals surface area (Å²) in [5.74, 6) is -0.180. The van der Waals surface area contributed by atoms with Crippen molar-refractivity contribution in [3.8, 4) is 11.1 Å². The fourth-order valence-corrected chi connectivity index (χ4v) is 2.21. The average molecular weight is 289 g/mol. The second kappa shape index (κ2) is 6.18. The minimum absolute atomic E-state index is 0.180. The normalized spacial score (nSPS) is 10.2. The first-order valence-electron chi connectivity index (χ1n) is 6.95. The monoisotopic (exact) mass is 289 g/mol. The highest BCUT2D eigenvalue weighted by Crippen LogP contribution is 2.23. The van der Waals surface area contributed by atoms with Gasteiger partial charge in [0.1, 0.15) is 5.69 Å². The topological polar surface area (TPSA) is 46.1 Å². The Kier molecular flexibility index (Phi) is 3.92. The van der Waals surface area contributed by atoms with Crippen LogP contribution in [0.1, 0.15) is 10.5 Å². The molecular formula is C18H15N3O. The van der Waals surface area contributed by atoms with Crippen LogP contribution in [0, 0.1) is 0 Å². The third-order valence-corrected chi connectivity index (χ3v) is 3.45. The Morgan fingerprint density at radius 1 is 0.909 bits per heavy atom. The van der Waals surface area contributed by atoms with Gasteiger partial charge in [-0.3, -0.25) is 9.78 Å². The number of hydrogen-bond donors (Lipinski definition) is 0. The second-order valence-corrected chi connectivity index (χ2v) is 4.87. The van der Waals surface area contributed by atoms with Gasteiger partial charge < -0.3 is 4.90 Å². The molecule has 0 N–H and O–H groups in total. The van der Waals surface area contributed by atoms with Gasteiger partial charge >= 0.3 is 0 Å². The second-order valence-electron chi connectivity index (χ2n) is 4.87. The van der Waals surface area contributed by atoms with Crippen LogP contribution in [-0.4, -0.2) is 22.9 Å². The molecule has 0 bridgehead atoms. The van der Waals surface area contributed by atoms with Crippen molar-refractivity contribution in [2.24, 2.45) is 0 Å². The Hall–Kier alpha value is -3.01. The van der Waals surface area contributed by atoms with Crippen LogP contribution in [0.25, 0.3) is 11.1 Å². The van der Waals surface area contributed by atoms with Crippen molar-refractivity contribution in [3.63, 3.8) is 0 Å². The smallest absolute Gasteiger partial charge is 0.278 e. The number of benzene rings is 2. The summed E-state index contributed by atoms with van der Waals surface area (Å²) in [6.07, 6.45) is 4.53. The molecule has 0 spiro atoms. The van der Waals surface area contributed by atoms with E-state index in [-0.39, 0.29) is 5.91 Å². The van der Waals surface area contributed by atoms with Crippen molar-refractivity contribution in [1.29, 1.82) is 0 Å². The van der Waals surface area contributed by atoms with Crippen molar-refractivity contribution < 1.29 is 4.79 Å². The molecule has 4 heteroatoms. The van der Waals surface area contributed by atoms with E-state index in [1.54, 1.807) is 18.1 Å². The lowest BCUT2D eigenvalue weighted by Crippen LogP contribution is -2.27. The maximum Gasteiger partial charge on any atom is 0.278 e. The van der Waals surface area contributed by atoms with Gasteiger partial charge in [0.15, 0.2) is 0 Å². The number of carbonyl (C=O) groups is 1. The highest BCUT2D eigenvalue weighted by molar-refractivity contribution is 6.04. The molecule has 0 saturated carbocycles. The van der Waals surface area contributed by atoms with E-state index in [0.717, 1.165) is 16.8 Å². The Morgan fingerprint density at radius 2 is 1.59 bits per heavy atom. The lowest BCUT2D eigenvalue weighted by atomic mass is 10.1. The molecular weight excluding hydrogens is 274 g/mol. The maximum atomic E-state index is 12.3. The molecule has 0 aliphatic carbocycles. The molecule has 4 nitrogen and oxygen atoms in total. The van der Waals surface area contributed by atoms with E-state index in [2.05, 4.69) is 22.1 Å². The highest BCUT2D eigenvalue weighted by atomic mass is 16.2. The molecule has 0 aliphatic heterocycles. The third-order valence-electron chi connectivity index (χ3n) is 3.45. The lowest BCUT2D eigenvalue weighted by Gasteiger charge is -2.17. The Morgan fingerprint density at radius 3 is 2.23 bits per heavy atom. The Bertz CT molecular complexity index is 755. The quantitative estimate of drug-likeness (QED) is 0.742. The van der Waals surface area contributed by atoms with E-state index in [4.69, 9.17) is 0 Å². The molecule has 0 atom stereocenters.